The Balaban J connectivity index is 2.18. The van der Waals surface area contributed by atoms with E-state index in [1.54, 1.807) is 7.11 Å². The normalized spacial score (nSPS) is 48.7. The van der Waals surface area contributed by atoms with Crippen molar-refractivity contribution in [1.29, 1.82) is 0 Å². The average Bonchev–Trinajstić information content (AvgIpc) is 2.96. The smallest absolute Gasteiger partial charge is 0.147 e. The third-order valence-corrected chi connectivity index (χ3v) is 8.12. The van der Waals surface area contributed by atoms with Crippen LogP contribution < -0.4 is 0 Å². The van der Waals surface area contributed by atoms with Gasteiger partial charge < -0.3 is 14.6 Å². The van der Waals surface area contributed by atoms with Gasteiger partial charge in [0.15, 0.2) is 0 Å². The van der Waals surface area contributed by atoms with Crippen LogP contribution in [0.2, 0.25) is 0 Å². The van der Waals surface area contributed by atoms with E-state index in [1.165, 1.54) is 0 Å². The Hall–Kier alpha value is -0.970. The van der Waals surface area contributed by atoms with Gasteiger partial charge >= 0.3 is 0 Å². The minimum Gasteiger partial charge on any atom is -0.392 e. The fourth-order valence-corrected chi connectivity index (χ4v) is 6.27. The van der Waals surface area contributed by atoms with Crippen LogP contribution in [0, 0.1) is 28.1 Å². The summed E-state index contributed by atoms with van der Waals surface area (Å²) in [5, 5.41) is 11.4. The van der Waals surface area contributed by atoms with Gasteiger partial charge in [-0.05, 0) is 37.2 Å². The molecule has 0 aromatic heterocycles. The van der Waals surface area contributed by atoms with E-state index in [4.69, 9.17) is 9.47 Å². The molecular formula is C22H34O4. The molecule has 0 aromatic rings. The van der Waals surface area contributed by atoms with Crippen molar-refractivity contribution in [2.45, 2.75) is 65.1 Å². The van der Waals surface area contributed by atoms with Crippen molar-refractivity contribution in [3.05, 3.63) is 24.8 Å². The van der Waals surface area contributed by atoms with Crippen molar-refractivity contribution in [2.24, 2.45) is 28.1 Å². The van der Waals surface area contributed by atoms with Crippen LogP contribution in [-0.2, 0) is 14.3 Å². The van der Waals surface area contributed by atoms with E-state index in [0.29, 0.717) is 12.8 Å². The molecule has 0 radical (unpaired) electrons. The molecule has 3 saturated carbocycles. The number of ketones is 1. The molecule has 3 aliphatic rings. The maximum atomic E-state index is 13.0. The molecule has 3 aliphatic carbocycles. The highest BCUT2D eigenvalue weighted by Crippen LogP contribution is 2.67. The van der Waals surface area contributed by atoms with Crippen LogP contribution in [0.25, 0.3) is 0 Å². The lowest BCUT2D eigenvalue weighted by molar-refractivity contribution is -0.170. The second kappa shape index (κ2) is 6.57. The summed E-state index contributed by atoms with van der Waals surface area (Å²) in [5.74, 6) is 0.396. The molecule has 4 heteroatoms. The van der Waals surface area contributed by atoms with Gasteiger partial charge in [0, 0.05) is 35.7 Å². The second-order valence-corrected chi connectivity index (χ2v) is 9.27. The predicted octanol–water partition coefficient (Wildman–Crippen LogP) is 3.89. The second-order valence-electron chi connectivity index (χ2n) is 9.27. The zero-order chi connectivity index (χ0) is 19.3. The van der Waals surface area contributed by atoms with Gasteiger partial charge in [0.25, 0.3) is 0 Å². The highest BCUT2D eigenvalue weighted by Gasteiger charge is 2.66. The molecule has 146 valence electrons. The SMILES string of the molecule is C=CC1(C)CC(O)C2(C)C(C)CCC3(CCC(=O)C32)C(=C)C1OCOC. The monoisotopic (exact) mass is 362 g/mol. The van der Waals surface area contributed by atoms with Gasteiger partial charge in [0.1, 0.15) is 12.6 Å². The number of rotatable bonds is 4. The van der Waals surface area contributed by atoms with E-state index in [0.717, 1.165) is 24.8 Å². The molecule has 0 saturated heterocycles. The Kier molecular flexibility index (Phi) is 5.00. The zero-order valence-corrected chi connectivity index (χ0v) is 16.7. The quantitative estimate of drug-likeness (QED) is 0.609. The number of hydrogen-bond donors (Lipinski definition) is 1. The van der Waals surface area contributed by atoms with E-state index in [9.17, 15) is 9.90 Å². The summed E-state index contributed by atoms with van der Waals surface area (Å²) in [6, 6.07) is 0. The first-order valence-electron chi connectivity index (χ1n) is 9.81. The summed E-state index contributed by atoms with van der Waals surface area (Å²) >= 11 is 0. The van der Waals surface area contributed by atoms with Gasteiger partial charge in [-0.1, -0.05) is 33.4 Å². The zero-order valence-electron chi connectivity index (χ0n) is 16.7. The Morgan fingerprint density at radius 1 is 1.35 bits per heavy atom. The standard InChI is InChI=1S/C22H34O4/c1-7-20(4)12-17(24)21(5)14(2)8-10-22(11-9-16(23)18(21)22)15(3)19(20)26-13-25-6/h7,14,17-19,24H,1,3,8-13H2,2,4-6H3. The summed E-state index contributed by atoms with van der Waals surface area (Å²) in [7, 11) is 1.60. The first-order chi connectivity index (χ1) is 12.2. The molecule has 2 bridgehead atoms. The molecule has 3 rings (SSSR count). The molecule has 0 heterocycles. The van der Waals surface area contributed by atoms with Crippen molar-refractivity contribution in [2.75, 3.05) is 13.9 Å². The Morgan fingerprint density at radius 3 is 2.65 bits per heavy atom. The number of carbonyl (C=O) groups excluding carboxylic acids is 1. The Bertz CT molecular complexity index is 613. The fraction of sp³-hybridized carbons (Fsp3) is 0.773. The molecule has 7 unspecified atom stereocenters. The number of carbonyl (C=O) groups is 1. The third kappa shape index (κ3) is 2.49. The Labute approximate surface area is 157 Å². The van der Waals surface area contributed by atoms with E-state index in [1.807, 2.05) is 6.08 Å². The van der Waals surface area contributed by atoms with Gasteiger partial charge in [-0.15, -0.1) is 6.58 Å². The maximum absolute atomic E-state index is 13.0. The molecule has 4 nitrogen and oxygen atoms in total. The van der Waals surface area contributed by atoms with E-state index in [-0.39, 0.29) is 35.9 Å². The lowest BCUT2D eigenvalue weighted by Crippen LogP contribution is -2.60. The van der Waals surface area contributed by atoms with Crippen LogP contribution in [0.5, 0.6) is 0 Å². The van der Waals surface area contributed by atoms with Crippen LogP contribution in [0.4, 0.5) is 0 Å². The maximum Gasteiger partial charge on any atom is 0.147 e. The topological polar surface area (TPSA) is 55.8 Å². The first-order valence-corrected chi connectivity index (χ1v) is 9.81. The van der Waals surface area contributed by atoms with Gasteiger partial charge in [0.05, 0.1) is 12.2 Å². The molecule has 0 aromatic carbocycles. The molecule has 7 atom stereocenters. The average molecular weight is 363 g/mol. The number of hydrogen-bond acceptors (Lipinski definition) is 4. The van der Waals surface area contributed by atoms with Gasteiger partial charge in [0.2, 0.25) is 0 Å². The number of methoxy groups -OCH3 is 1. The lowest BCUT2D eigenvalue weighted by Gasteiger charge is -2.60. The van der Waals surface area contributed by atoms with Gasteiger partial charge in [-0.25, -0.2) is 0 Å². The summed E-state index contributed by atoms with van der Waals surface area (Å²) in [4.78, 5) is 13.0. The van der Waals surface area contributed by atoms with Crippen LogP contribution in [0.1, 0.15) is 52.9 Å². The number of ether oxygens (including phenoxy) is 2. The highest BCUT2D eigenvalue weighted by atomic mass is 16.7. The summed E-state index contributed by atoms with van der Waals surface area (Å²) in [6.07, 6.45) is 4.80. The predicted molar refractivity (Wildman–Crippen MR) is 101 cm³/mol. The first kappa shape index (κ1) is 19.8. The minimum absolute atomic E-state index is 0.158. The molecule has 3 fully saturated rings. The van der Waals surface area contributed by atoms with Gasteiger partial charge in [-0.3, -0.25) is 4.79 Å². The van der Waals surface area contributed by atoms with Crippen molar-refractivity contribution in [3.8, 4) is 0 Å². The van der Waals surface area contributed by atoms with E-state index in [2.05, 4.69) is 33.9 Å². The summed E-state index contributed by atoms with van der Waals surface area (Å²) in [5.41, 5.74) is -0.192. The largest absolute Gasteiger partial charge is 0.392 e. The lowest BCUT2D eigenvalue weighted by atomic mass is 9.45. The van der Waals surface area contributed by atoms with Crippen molar-refractivity contribution < 1.29 is 19.4 Å². The summed E-state index contributed by atoms with van der Waals surface area (Å²) < 4.78 is 11.3. The summed E-state index contributed by atoms with van der Waals surface area (Å²) in [6.45, 7) is 15.1. The van der Waals surface area contributed by atoms with E-state index < -0.39 is 16.9 Å². The molecule has 0 aliphatic heterocycles. The molecule has 0 spiro atoms. The fourth-order valence-electron chi connectivity index (χ4n) is 6.27. The van der Waals surface area contributed by atoms with Crippen molar-refractivity contribution in [3.63, 3.8) is 0 Å². The molecule has 0 amide bonds. The molecular weight excluding hydrogens is 328 g/mol. The number of aliphatic hydroxyl groups excluding tert-OH is 1. The number of aliphatic hydroxyl groups is 1. The van der Waals surface area contributed by atoms with Crippen LogP contribution in [0.3, 0.4) is 0 Å². The van der Waals surface area contributed by atoms with Gasteiger partial charge in [-0.2, -0.15) is 0 Å². The third-order valence-electron chi connectivity index (χ3n) is 8.12. The van der Waals surface area contributed by atoms with Crippen LogP contribution >= 0.6 is 0 Å². The highest BCUT2D eigenvalue weighted by molar-refractivity contribution is 5.86. The van der Waals surface area contributed by atoms with Crippen molar-refractivity contribution >= 4 is 5.78 Å². The van der Waals surface area contributed by atoms with Crippen LogP contribution in [-0.4, -0.2) is 37.0 Å². The molecule has 26 heavy (non-hydrogen) atoms. The van der Waals surface area contributed by atoms with E-state index >= 15 is 0 Å². The Morgan fingerprint density at radius 2 is 2.04 bits per heavy atom. The molecule has 1 N–H and O–H groups in total. The van der Waals surface area contributed by atoms with Crippen LogP contribution in [0.15, 0.2) is 24.8 Å². The minimum atomic E-state index is -0.589. The van der Waals surface area contributed by atoms with Crippen molar-refractivity contribution in [1.82, 2.24) is 0 Å². The number of Topliss-reactive ketones (excluding diaryl/α,β-unsaturated/α-hetero) is 1.